The summed E-state index contributed by atoms with van der Waals surface area (Å²) in [5, 5.41) is 0. The van der Waals surface area contributed by atoms with Crippen molar-refractivity contribution in [1.82, 2.24) is 14.9 Å². The minimum absolute atomic E-state index is 0.00255. The summed E-state index contributed by atoms with van der Waals surface area (Å²) in [6.45, 7) is 1.63. The van der Waals surface area contributed by atoms with Gasteiger partial charge in [-0.05, 0) is 49.3 Å². The summed E-state index contributed by atoms with van der Waals surface area (Å²) in [5.74, 6) is 1.43. The standard InChI is InChI=1S/C19H23N3O2/c1-24-17-8-6-15(7-9-17)4-5-16-3-2-12-22(14-16)19(23)18-13-20-10-11-21-18/h6-11,13,16H,2-5,12,14H2,1H3. The fraction of sp³-hybridized carbons (Fsp3) is 0.421. The number of rotatable bonds is 5. The molecular formula is C19H23N3O2. The Bertz CT molecular complexity index is 658. The van der Waals surface area contributed by atoms with Crippen molar-refractivity contribution < 1.29 is 9.53 Å². The van der Waals surface area contributed by atoms with Crippen LogP contribution in [-0.4, -0.2) is 41.0 Å². The van der Waals surface area contributed by atoms with Crippen molar-refractivity contribution in [3.8, 4) is 5.75 Å². The molecular weight excluding hydrogens is 302 g/mol. The average Bonchev–Trinajstić information content (AvgIpc) is 2.67. The van der Waals surface area contributed by atoms with E-state index in [4.69, 9.17) is 4.74 Å². The van der Waals surface area contributed by atoms with Crippen molar-refractivity contribution in [2.45, 2.75) is 25.7 Å². The van der Waals surface area contributed by atoms with Gasteiger partial charge in [0.25, 0.3) is 5.91 Å². The molecule has 1 amide bonds. The van der Waals surface area contributed by atoms with Crippen LogP contribution in [0.3, 0.4) is 0 Å². The highest BCUT2D eigenvalue weighted by Crippen LogP contribution is 2.23. The highest BCUT2D eigenvalue weighted by Gasteiger charge is 2.25. The van der Waals surface area contributed by atoms with E-state index in [9.17, 15) is 4.79 Å². The second-order valence-corrected chi connectivity index (χ2v) is 6.24. The molecule has 1 aliphatic heterocycles. The smallest absolute Gasteiger partial charge is 0.274 e. The number of hydrogen-bond donors (Lipinski definition) is 0. The Balaban J connectivity index is 1.54. The fourth-order valence-corrected chi connectivity index (χ4v) is 3.22. The molecule has 5 heteroatoms. The first-order valence-corrected chi connectivity index (χ1v) is 8.44. The largest absolute Gasteiger partial charge is 0.497 e. The maximum atomic E-state index is 12.5. The summed E-state index contributed by atoms with van der Waals surface area (Å²) in [7, 11) is 1.68. The Morgan fingerprint density at radius 2 is 2.12 bits per heavy atom. The van der Waals surface area contributed by atoms with Crippen molar-refractivity contribution in [3.05, 3.63) is 54.1 Å². The lowest BCUT2D eigenvalue weighted by molar-refractivity contribution is 0.0662. The SMILES string of the molecule is COc1ccc(CCC2CCCN(C(=O)c3cnccn3)C2)cc1. The van der Waals surface area contributed by atoms with Gasteiger partial charge in [0.2, 0.25) is 0 Å². The third-order valence-electron chi connectivity index (χ3n) is 4.59. The molecule has 0 radical (unpaired) electrons. The minimum Gasteiger partial charge on any atom is -0.497 e. The normalized spacial score (nSPS) is 17.5. The summed E-state index contributed by atoms with van der Waals surface area (Å²) < 4.78 is 5.19. The van der Waals surface area contributed by atoms with Gasteiger partial charge in [-0.2, -0.15) is 0 Å². The molecule has 1 atom stereocenters. The number of methoxy groups -OCH3 is 1. The molecule has 0 saturated carbocycles. The summed E-state index contributed by atoms with van der Waals surface area (Å²) in [4.78, 5) is 22.5. The van der Waals surface area contributed by atoms with Gasteiger partial charge < -0.3 is 9.64 Å². The lowest BCUT2D eigenvalue weighted by Gasteiger charge is -2.32. The van der Waals surface area contributed by atoms with Gasteiger partial charge >= 0.3 is 0 Å². The Hall–Kier alpha value is -2.43. The summed E-state index contributed by atoms with van der Waals surface area (Å²) in [6.07, 6.45) is 9.06. The van der Waals surface area contributed by atoms with Crippen LogP contribution in [0.4, 0.5) is 0 Å². The third-order valence-corrected chi connectivity index (χ3v) is 4.59. The molecule has 1 aromatic heterocycles. The molecule has 1 aromatic carbocycles. The molecule has 1 saturated heterocycles. The first kappa shape index (κ1) is 16.4. The van der Waals surface area contributed by atoms with Gasteiger partial charge in [-0.1, -0.05) is 12.1 Å². The molecule has 2 aromatic rings. The summed E-state index contributed by atoms with van der Waals surface area (Å²) in [5.41, 5.74) is 1.75. The summed E-state index contributed by atoms with van der Waals surface area (Å²) >= 11 is 0. The molecule has 0 spiro atoms. The number of likely N-dealkylation sites (tertiary alicyclic amines) is 1. The Kier molecular flexibility index (Phi) is 5.41. The molecule has 24 heavy (non-hydrogen) atoms. The topological polar surface area (TPSA) is 55.3 Å². The zero-order valence-corrected chi connectivity index (χ0v) is 14.0. The number of amides is 1. The summed E-state index contributed by atoms with van der Waals surface area (Å²) in [6, 6.07) is 8.23. The van der Waals surface area contributed by atoms with Crippen LogP contribution in [0.1, 0.15) is 35.3 Å². The van der Waals surface area contributed by atoms with Crippen LogP contribution in [-0.2, 0) is 6.42 Å². The number of ether oxygens (including phenoxy) is 1. The Morgan fingerprint density at radius 1 is 1.29 bits per heavy atom. The van der Waals surface area contributed by atoms with Crippen LogP contribution < -0.4 is 4.74 Å². The van der Waals surface area contributed by atoms with Crippen molar-refractivity contribution in [1.29, 1.82) is 0 Å². The number of carbonyl (C=O) groups is 1. The van der Waals surface area contributed by atoms with Gasteiger partial charge in [-0.15, -0.1) is 0 Å². The zero-order valence-electron chi connectivity index (χ0n) is 14.0. The number of benzene rings is 1. The third kappa shape index (κ3) is 4.10. The van der Waals surface area contributed by atoms with Crippen LogP contribution in [0.25, 0.3) is 0 Å². The lowest BCUT2D eigenvalue weighted by Crippen LogP contribution is -2.40. The number of aromatic nitrogens is 2. The van der Waals surface area contributed by atoms with E-state index in [1.807, 2.05) is 17.0 Å². The molecule has 1 fully saturated rings. The van der Waals surface area contributed by atoms with Gasteiger partial charge in [0.05, 0.1) is 13.3 Å². The predicted molar refractivity (Wildman–Crippen MR) is 92.0 cm³/mol. The van der Waals surface area contributed by atoms with E-state index in [1.165, 1.54) is 12.0 Å². The van der Waals surface area contributed by atoms with Crippen LogP contribution in [0.15, 0.2) is 42.9 Å². The molecule has 0 N–H and O–H groups in total. The molecule has 2 heterocycles. The highest BCUT2D eigenvalue weighted by atomic mass is 16.5. The van der Waals surface area contributed by atoms with Gasteiger partial charge in [-0.25, -0.2) is 4.98 Å². The molecule has 1 unspecified atom stereocenters. The maximum absolute atomic E-state index is 12.5. The fourth-order valence-electron chi connectivity index (χ4n) is 3.22. The van der Waals surface area contributed by atoms with Gasteiger partial charge in [-0.3, -0.25) is 9.78 Å². The van der Waals surface area contributed by atoms with E-state index in [2.05, 4.69) is 22.1 Å². The van der Waals surface area contributed by atoms with Gasteiger partial charge in [0, 0.05) is 25.5 Å². The Labute approximate surface area is 142 Å². The Morgan fingerprint density at radius 3 is 2.83 bits per heavy atom. The van der Waals surface area contributed by atoms with Crippen LogP contribution in [0.5, 0.6) is 5.75 Å². The van der Waals surface area contributed by atoms with Crippen LogP contribution in [0.2, 0.25) is 0 Å². The van der Waals surface area contributed by atoms with E-state index in [-0.39, 0.29) is 5.91 Å². The lowest BCUT2D eigenvalue weighted by atomic mass is 9.91. The number of nitrogens with zero attached hydrogens (tertiary/aromatic N) is 3. The number of aryl methyl sites for hydroxylation is 1. The maximum Gasteiger partial charge on any atom is 0.274 e. The second kappa shape index (κ2) is 7.90. The first-order chi connectivity index (χ1) is 11.8. The zero-order chi connectivity index (χ0) is 16.8. The van der Waals surface area contributed by atoms with Crippen LogP contribution in [0, 0.1) is 5.92 Å². The highest BCUT2D eigenvalue weighted by molar-refractivity contribution is 5.92. The molecule has 0 bridgehead atoms. The average molecular weight is 325 g/mol. The number of carbonyl (C=O) groups excluding carboxylic acids is 1. The predicted octanol–water partition coefficient (Wildman–Crippen LogP) is 2.97. The van der Waals surface area contributed by atoms with E-state index in [0.29, 0.717) is 11.6 Å². The van der Waals surface area contributed by atoms with Crippen molar-refractivity contribution in [2.24, 2.45) is 5.92 Å². The van der Waals surface area contributed by atoms with E-state index >= 15 is 0 Å². The van der Waals surface area contributed by atoms with Crippen molar-refractivity contribution >= 4 is 5.91 Å². The molecule has 0 aliphatic carbocycles. The van der Waals surface area contributed by atoms with Gasteiger partial charge in [0.1, 0.15) is 11.4 Å². The van der Waals surface area contributed by atoms with E-state index < -0.39 is 0 Å². The van der Waals surface area contributed by atoms with E-state index in [0.717, 1.165) is 38.1 Å². The molecule has 1 aliphatic rings. The number of piperidine rings is 1. The van der Waals surface area contributed by atoms with Crippen molar-refractivity contribution in [2.75, 3.05) is 20.2 Å². The molecule has 3 rings (SSSR count). The van der Waals surface area contributed by atoms with Crippen LogP contribution >= 0.6 is 0 Å². The molecule has 5 nitrogen and oxygen atoms in total. The van der Waals surface area contributed by atoms with E-state index in [1.54, 1.807) is 25.7 Å². The monoisotopic (exact) mass is 325 g/mol. The quantitative estimate of drug-likeness (QED) is 0.848. The van der Waals surface area contributed by atoms with Gasteiger partial charge in [0.15, 0.2) is 0 Å². The number of hydrogen-bond acceptors (Lipinski definition) is 4. The first-order valence-electron chi connectivity index (χ1n) is 8.44. The molecule has 126 valence electrons. The second-order valence-electron chi connectivity index (χ2n) is 6.24. The van der Waals surface area contributed by atoms with Crippen molar-refractivity contribution in [3.63, 3.8) is 0 Å². The minimum atomic E-state index is -0.00255.